The first-order valence-corrected chi connectivity index (χ1v) is 6.84. The molecular weight excluding hydrogens is 250 g/mol. The molecule has 0 aliphatic carbocycles. The van der Waals surface area contributed by atoms with Crippen molar-refractivity contribution in [3.63, 3.8) is 0 Å². The fraction of sp³-hybridized carbons (Fsp3) is 0.375. The van der Waals surface area contributed by atoms with Crippen molar-refractivity contribution in [3.05, 3.63) is 42.2 Å². The quantitative estimate of drug-likeness (QED) is 0.897. The SMILES string of the molecule is CC(C)C(C)(CN)NC(=O)c1nccc2ccccc12. The molecule has 0 saturated carbocycles. The van der Waals surface area contributed by atoms with Crippen LogP contribution in [0.4, 0.5) is 0 Å². The van der Waals surface area contributed by atoms with E-state index in [4.69, 9.17) is 5.73 Å². The van der Waals surface area contributed by atoms with Crippen LogP contribution in [-0.2, 0) is 0 Å². The summed E-state index contributed by atoms with van der Waals surface area (Å²) in [5.74, 6) is 0.0647. The molecule has 4 heteroatoms. The molecule has 1 atom stereocenters. The van der Waals surface area contributed by atoms with Gasteiger partial charge in [0.15, 0.2) is 0 Å². The molecule has 106 valence electrons. The van der Waals surface area contributed by atoms with Crippen LogP contribution in [0.5, 0.6) is 0 Å². The summed E-state index contributed by atoms with van der Waals surface area (Å²) in [5, 5.41) is 4.89. The largest absolute Gasteiger partial charge is 0.344 e. The van der Waals surface area contributed by atoms with E-state index in [-0.39, 0.29) is 11.8 Å². The fourth-order valence-corrected chi connectivity index (χ4v) is 2.05. The van der Waals surface area contributed by atoms with Crippen LogP contribution in [0.3, 0.4) is 0 Å². The second kappa shape index (κ2) is 5.59. The van der Waals surface area contributed by atoms with E-state index in [1.54, 1.807) is 6.20 Å². The lowest BCUT2D eigenvalue weighted by atomic mass is 9.88. The maximum absolute atomic E-state index is 12.5. The second-order valence-corrected chi connectivity index (χ2v) is 5.61. The Morgan fingerprint density at radius 1 is 1.35 bits per heavy atom. The monoisotopic (exact) mass is 271 g/mol. The van der Waals surface area contributed by atoms with Crippen LogP contribution in [0.15, 0.2) is 36.5 Å². The van der Waals surface area contributed by atoms with E-state index in [0.717, 1.165) is 10.8 Å². The Kier molecular flexibility index (Phi) is 4.04. The summed E-state index contributed by atoms with van der Waals surface area (Å²) in [7, 11) is 0. The summed E-state index contributed by atoms with van der Waals surface area (Å²) < 4.78 is 0. The Bertz CT molecular complexity index is 619. The Hall–Kier alpha value is -1.94. The van der Waals surface area contributed by atoms with E-state index >= 15 is 0 Å². The smallest absolute Gasteiger partial charge is 0.270 e. The van der Waals surface area contributed by atoms with Gasteiger partial charge in [0.05, 0.1) is 5.54 Å². The van der Waals surface area contributed by atoms with E-state index in [1.165, 1.54) is 0 Å². The molecule has 0 spiro atoms. The zero-order chi connectivity index (χ0) is 14.8. The average molecular weight is 271 g/mol. The third-order valence-corrected chi connectivity index (χ3v) is 3.99. The molecule has 20 heavy (non-hydrogen) atoms. The zero-order valence-corrected chi connectivity index (χ0v) is 12.2. The number of nitrogens with two attached hydrogens (primary N) is 1. The van der Waals surface area contributed by atoms with Crippen molar-refractivity contribution in [1.82, 2.24) is 10.3 Å². The number of aromatic nitrogens is 1. The number of pyridine rings is 1. The Balaban J connectivity index is 2.37. The standard InChI is InChI=1S/C16H21N3O/c1-11(2)16(3,10-17)19-15(20)14-13-7-5-4-6-12(13)8-9-18-14/h4-9,11H,10,17H2,1-3H3,(H,19,20). The molecule has 1 unspecified atom stereocenters. The number of amides is 1. The molecule has 4 nitrogen and oxygen atoms in total. The Labute approximate surface area is 119 Å². The Morgan fingerprint density at radius 3 is 2.70 bits per heavy atom. The maximum Gasteiger partial charge on any atom is 0.270 e. The maximum atomic E-state index is 12.5. The molecule has 0 fully saturated rings. The molecule has 3 N–H and O–H groups in total. The normalized spacial score (nSPS) is 14.2. The van der Waals surface area contributed by atoms with Crippen molar-refractivity contribution in [2.75, 3.05) is 6.54 Å². The van der Waals surface area contributed by atoms with Gasteiger partial charge in [-0.25, -0.2) is 0 Å². The van der Waals surface area contributed by atoms with E-state index in [2.05, 4.69) is 10.3 Å². The zero-order valence-electron chi connectivity index (χ0n) is 12.2. The molecule has 2 rings (SSSR count). The van der Waals surface area contributed by atoms with Gasteiger partial charge in [0, 0.05) is 18.1 Å². The highest BCUT2D eigenvalue weighted by atomic mass is 16.2. The van der Waals surface area contributed by atoms with Crippen LogP contribution in [0.2, 0.25) is 0 Å². The van der Waals surface area contributed by atoms with Gasteiger partial charge in [-0.05, 0) is 24.3 Å². The summed E-state index contributed by atoms with van der Waals surface area (Å²) in [6, 6.07) is 9.63. The number of hydrogen-bond acceptors (Lipinski definition) is 3. The molecule has 0 aliphatic rings. The van der Waals surface area contributed by atoms with Gasteiger partial charge in [-0.3, -0.25) is 9.78 Å². The van der Waals surface area contributed by atoms with Crippen LogP contribution in [-0.4, -0.2) is 23.0 Å². The predicted molar refractivity (Wildman–Crippen MR) is 81.5 cm³/mol. The van der Waals surface area contributed by atoms with Crippen molar-refractivity contribution in [1.29, 1.82) is 0 Å². The van der Waals surface area contributed by atoms with E-state index < -0.39 is 5.54 Å². The molecule has 0 saturated heterocycles. The third kappa shape index (κ3) is 2.65. The van der Waals surface area contributed by atoms with Gasteiger partial charge in [0.2, 0.25) is 0 Å². The first kappa shape index (κ1) is 14.5. The van der Waals surface area contributed by atoms with Crippen LogP contribution in [0, 0.1) is 5.92 Å². The van der Waals surface area contributed by atoms with E-state index in [1.807, 2.05) is 51.1 Å². The van der Waals surface area contributed by atoms with Crippen molar-refractivity contribution >= 4 is 16.7 Å². The number of carbonyl (C=O) groups excluding carboxylic acids is 1. The van der Waals surface area contributed by atoms with E-state index in [0.29, 0.717) is 12.2 Å². The van der Waals surface area contributed by atoms with Gasteiger partial charge in [0.1, 0.15) is 5.69 Å². The topological polar surface area (TPSA) is 68.0 Å². The van der Waals surface area contributed by atoms with Gasteiger partial charge in [0.25, 0.3) is 5.91 Å². The lowest BCUT2D eigenvalue weighted by Crippen LogP contribution is -2.55. The second-order valence-electron chi connectivity index (χ2n) is 5.61. The number of carbonyl (C=O) groups is 1. The van der Waals surface area contributed by atoms with Gasteiger partial charge >= 0.3 is 0 Å². The number of hydrogen-bond donors (Lipinski definition) is 2. The number of fused-ring (bicyclic) bond motifs is 1. The van der Waals surface area contributed by atoms with Crippen LogP contribution in [0.1, 0.15) is 31.3 Å². The minimum absolute atomic E-state index is 0.177. The lowest BCUT2D eigenvalue weighted by Gasteiger charge is -2.33. The summed E-state index contributed by atoms with van der Waals surface area (Å²) >= 11 is 0. The molecule has 1 aromatic carbocycles. The predicted octanol–water partition coefficient (Wildman–Crippen LogP) is 2.34. The molecule has 0 bridgehead atoms. The van der Waals surface area contributed by atoms with Crippen molar-refractivity contribution in [2.45, 2.75) is 26.3 Å². The highest BCUT2D eigenvalue weighted by Gasteiger charge is 2.29. The van der Waals surface area contributed by atoms with Crippen molar-refractivity contribution in [3.8, 4) is 0 Å². The number of rotatable bonds is 4. The molecule has 1 amide bonds. The van der Waals surface area contributed by atoms with Crippen molar-refractivity contribution in [2.24, 2.45) is 11.7 Å². The first-order chi connectivity index (χ1) is 9.48. The minimum atomic E-state index is -0.435. The Morgan fingerprint density at radius 2 is 2.05 bits per heavy atom. The molecule has 0 radical (unpaired) electrons. The average Bonchev–Trinajstić information content (AvgIpc) is 2.46. The van der Waals surface area contributed by atoms with Crippen LogP contribution < -0.4 is 11.1 Å². The summed E-state index contributed by atoms with van der Waals surface area (Å²) in [6.07, 6.45) is 1.66. The minimum Gasteiger partial charge on any atom is -0.344 e. The first-order valence-electron chi connectivity index (χ1n) is 6.84. The molecule has 1 heterocycles. The van der Waals surface area contributed by atoms with Gasteiger partial charge < -0.3 is 11.1 Å². The summed E-state index contributed by atoms with van der Waals surface area (Å²) in [4.78, 5) is 16.7. The van der Waals surface area contributed by atoms with Crippen LogP contribution >= 0.6 is 0 Å². The molecule has 2 aromatic rings. The van der Waals surface area contributed by atoms with Crippen molar-refractivity contribution < 1.29 is 4.79 Å². The third-order valence-electron chi connectivity index (χ3n) is 3.99. The fourth-order valence-electron chi connectivity index (χ4n) is 2.05. The number of nitrogens with zero attached hydrogens (tertiary/aromatic N) is 1. The summed E-state index contributed by atoms with van der Waals surface area (Å²) in [6.45, 7) is 6.44. The van der Waals surface area contributed by atoms with Gasteiger partial charge in [-0.1, -0.05) is 38.1 Å². The molecule has 0 aliphatic heterocycles. The summed E-state index contributed by atoms with van der Waals surface area (Å²) in [5.41, 5.74) is 5.82. The highest BCUT2D eigenvalue weighted by molar-refractivity contribution is 6.05. The highest BCUT2D eigenvalue weighted by Crippen LogP contribution is 2.19. The molecule has 1 aromatic heterocycles. The number of benzene rings is 1. The van der Waals surface area contributed by atoms with Crippen LogP contribution in [0.25, 0.3) is 10.8 Å². The molecular formula is C16H21N3O. The van der Waals surface area contributed by atoms with Gasteiger partial charge in [-0.2, -0.15) is 0 Å². The van der Waals surface area contributed by atoms with E-state index in [9.17, 15) is 4.79 Å². The number of nitrogens with one attached hydrogen (secondary N) is 1. The van der Waals surface area contributed by atoms with Gasteiger partial charge in [-0.15, -0.1) is 0 Å². The lowest BCUT2D eigenvalue weighted by molar-refractivity contribution is 0.0880.